The molecule has 1 aromatic carbocycles. The lowest BCUT2D eigenvalue weighted by atomic mass is 10.1. The molecule has 0 spiro atoms. The summed E-state index contributed by atoms with van der Waals surface area (Å²) in [5, 5.41) is 17.5. The largest absolute Gasteiger partial charge is 0.481 e. The fraction of sp³-hybridized carbons (Fsp3) is 0.200. The summed E-state index contributed by atoms with van der Waals surface area (Å²) in [5.74, 6) is -2.51. The molecule has 0 unspecified atom stereocenters. The molecule has 92 valence electrons. The van der Waals surface area contributed by atoms with Crippen molar-refractivity contribution < 1.29 is 28.2 Å². The number of carbonyl (C=O) groups is 2. The number of hydrogen-bond acceptors (Lipinski definition) is 4. The first-order valence-corrected chi connectivity index (χ1v) is 6.39. The van der Waals surface area contributed by atoms with Gasteiger partial charge < -0.3 is 10.2 Å². The maximum absolute atomic E-state index is 11.3. The van der Waals surface area contributed by atoms with Crippen molar-refractivity contribution in [2.24, 2.45) is 0 Å². The van der Waals surface area contributed by atoms with Crippen LogP contribution in [0, 0.1) is 0 Å². The van der Waals surface area contributed by atoms with Crippen LogP contribution < -0.4 is 0 Å². The average Bonchev–Trinajstić information content (AvgIpc) is 2.14. The van der Waals surface area contributed by atoms with E-state index in [1.807, 2.05) is 0 Å². The Morgan fingerprint density at radius 3 is 2.24 bits per heavy atom. The van der Waals surface area contributed by atoms with Gasteiger partial charge in [0.25, 0.3) is 0 Å². The summed E-state index contributed by atoms with van der Waals surface area (Å²) in [6.07, 6.45) is 0.429. The summed E-state index contributed by atoms with van der Waals surface area (Å²) in [7, 11) is -3.49. The minimum Gasteiger partial charge on any atom is -0.481 e. The third kappa shape index (κ3) is 3.28. The van der Waals surface area contributed by atoms with Crippen LogP contribution >= 0.6 is 0 Å². The zero-order valence-corrected chi connectivity index (χ0v) is 9.69. The molecule has 1 aromatic rings. The highest BCUT2D eigenvalue weighted by molar-refractivity contribution is 7.90. The minimum absolute atomic E-state index is 0.0343. The summed E-state index contributed by atoms with van der Waals surface area (Å²) >= 11 is 0. The van der Waals surface area contributed by atoms with Gasteiger partial charge in [-0.15, -0.1) is 0 Å². The Labute approximate surface area is 97.4 Å². The maximum atomic E-state index is 11.3. The number of sulfone groups is 1. The number of aliphatic carboxylic acids is 1. The molecular formula is C10H10O6S. The zero-order valence-electron chi connectivity index (χ0n) is 8.87. The van der Waals surface area contributed by atoms with Gasteiger partial charge in [0.05, 0.1) is 16.9 Å². The molecule has 0 atom stereocenters. The summed E-state index contributed by atoms with van der Waals surface area (Å²) < 4.78 is 22.5. The Hall–Kier alpha value is -1.89. The van der Waals surface area contributed by atoms with Crippen LogP contribution in [0.5, 0.6) is 0 Å². The summed E-state index contributed by atoms with van der Waals surface area (Å²) in [4.78, 5) is 21.3. The van der Waals surface area contributed by atoms with Crippen LogP contribution in [0.4, 0.5) is 0 Å². The van der Waals surface area contributed by atoms with E-state index in [-0.39, 0.29) is 16.0 Å². The Bertz CT molecular complexity index is 572. The third-order valence-electron chi connectivity index (χ3n) is 2.08. The van der Waals surface area contributed by atoms with Crippen LogP contribution in [-0.2, 0) is 21.1 Å². The van der Waals surface area contributed by atoms with Gasteiger partial charge in [-0.2, -0.15) is 0 Å². The third-order valence-corrected chi connectivity index (χ3v) is 3.19. The topological polar surface area (TPSA) is 109 Å². The first-order chi connectivity index (χ1) is 7.71. The molecule has 0 aromatic heterocycles. The zero-order chi connectivity index (χ0) is 13.2. The Kier molecular flexibility index (Phi) is 3.52. The average molecular weight is 258 g/mol. The second kappa shape index (κ2) is 4.54. The molecule has 0 amide bonds. The molecule has 2 N–H and O–H groups in total. The van der Waals surface area contributed by atoms with Crippen molar-refractivity contribution in [1.29, 1.82) is 0 Å². The fourth-order valence-electron chi connectivity index (χ4n) is 1.32. The van der Waals surface area contributed by atoms with E-state index in [1.165, 1.54) is 0 Å². The number of carboxylic acids is 2. The molecule has 0 saturated carbocycles. The van der Waals surface area contributed by atoms with Crippen LogP contribution in [0.25, 0.3) is 0 Å². The van der Waals surface area contributed by atoms with Gasteiger partial charge in [0.2, 0.25) is 0 Å². The van der Waals surface area contributed by atoms with E-state index in [4.69, 9.17) is 10.2 Å². The smallest absolute Gasteiger partial charge is 0.335 e. The molecule has 6 nitrogen and oxygen atoms in total. The molecule has 1 rings (SSSR count). The van der Waals surface area contributed by atoms with E-state index in [2.05, 4.69) is 0 Å². The van der Waals surface area contributed by atoms with E-state index in [0.29, 0.717) is 0 Å². The lowest BCUT2D eigenvalue weighted by Crippen LogP contribution is -2.09. The second-order valence-corrected chi connectivity index (χ2v) is 5.48. The van der Waals surface area contributed by atoms with Crippen LogP contribution in [0.3, 0.4) is 0 Å². The number of hydrogen-bond donors (Lipinski definition) is 2. The summed E-state index contributed by atoms with van der Waals surface area (Å²) in [6.45, 7) is 0. The molecule has 0 saturated heterocycles. The highest BCUT2D eigenvalue weighted by Crippen LogP contribution is 2.17. The van der Waals surface area contributed by atoms with Gasteiger partial charge in [-0.1, -0.05) is 0 Å². The highest BCUT2D eigenvalue weighted by Gasteiger charge is 2.16. The molecule has 0 aliphatic rings. The first kappa shape index (κ1) is 13.2. The van der Waals surface area contributed by atoms with Gasteiger partial charge in [-0.05, 0) is 23.8 Å². The van der Waals surface area contributed by atoms with E-state index < -0.39 is 28.2 Å². The lowest BCUT2D eigenvalue weighted by Gasteiger charge is -2.06. The van der Waals surface area contributed by atoms with Crippen molar-refractivity contribution in [3.05, 3.63) is 29.3 Å². The predicted octanol–water partition coefficient (Wildman–Crippen LogP) is 0.415. The van der Waals surface area contributed by atoms with Crippen LogP contribution in [-0.4, -0.2) is 36.8 Å². The summed E-state index contributed by atoms with van der Waals surface area (Å²) in [5.41, 5.74) is -0.243. The lowest BCUT2D eigenvalue weighted by molar-refractivity contribution is -0.136. The maximum Gasteiger partial charge on any atom is 0.335 e. The van der Waals surface area contributed by atoms with Crippen molar-refractivity contribution >= 4 is 21.8 Å². The van der Waals surface area contributed by atoms with Crippen LogP contribution in [0.15, 0.2) is 23.1 Å². The normalized spacial score (nSPS) is 11.1. The molecule has 0 aliphatic heterocycles. The highest BCUT2D eigenvalue weighted by atomic mass is 32.2. The molecule has 0 aliphatic carbocycles. The van der Waals surface area contributed by atoms with Gasteiger partial charge in [0, 0.05) is 6.26 Å². The van der Waals surface area contributed by atoms with E-state index >= 15 is 0 Å². The molecule has 17 heavy (non-hydrogen) atoms. The fourth-order valence-corrected chi connectivity index (χ4v) is 1.99. The molecule has 7 heteroatoms. The first-order valence-electron chi connectivity index (χ1n) is 4.50. The molecule has 0 fully saturated rings. The molecule has 0 radical (unpaired) electrons. The van der Waals surface area contributed by atoms with E-state index in [0.717, 1.165) is 24.5 Å². The van der Waals surface area contributed by atoms with Gasteiger partial charge in [-0.3, -0.25) is 4.79 Å². The second-order valence-electron chi connectivity index (χ2n) is 3.47. The van der Waals surface area contributed by atoms with Crippen molar-refractivity contribution in [1.82, 2.24) is 0 Å². The summed E-state index contributed by atoms with van der Waals surface area (Å²) in [6, 6.07) is 3.31. The molecule has 0 heterocycles. The molecule has 0 bridgehead atoms. The van der Waals surface area contributed by atoms with Crippen molar-refractivity contribution in [3.8, 4) is 0 Å². The SMILES string of the molecule is CS(=O)(=O)c1ccc(C(=O)O)c(CC(=O)O)c1. The van der Waals surface area contributed by atoms with Crippen molar-refractivity contribution in [2.45, 2.75) is 11.3 Å². The Morgan fingerprint density at radius 1 is 1.24 bits per heavy atom. The van der Waals surface area contributed by atoms with Crippen LogP contribution in [0.2, 0.25) is 0 Å². The number of benzene rings is 1. The number of aromatic carboxylic acids is 1. The van der Waals surface area contributed by atoms with Gasteiger partial charge >= 0.3 is 11.9 Å². The van der Waals surface area contributed by atoms with E-state index in [9.17, 15) is 18.0 Å². The number of carboxylic acid groups (broad SMARTS) is 2. The Morgan fingerprint density at radius 2 is 1.82 bits per heavy atom. The minimum atomic E-state index is -3.49. The van der Waals surface area contributed by atoms with Crippen LogP contribution in [0.1, 0.15) is 15.9 Å². The van der Waals surface area contributed by atoms with Crippen molar-refractivity contribution in [3.63, 3.8) is 0 Å². The molecular weight excluding hydrogens is 248 g/mol. The van der Waals surface area contributed by atoms with Crippen molar-refractivity contribution in [2.75, 3.05) is 6.26 Å². The Balaban J connectivity index is 3.39. The predicted molar refractivity (Wildman–Crippen MR) is 57.9 cm³/mol. The van der Waals surface area contributed by atoms with Gasteiger partial charge in [0.15, 0.2) is 9.84 Å². The quantitative estimate of drug-likeness (QED) is 0.809. The van der Waals surface area contributed by atoms with Gasteiger partial charge in [-0.25, -0.2) is 13.2 Å². The number of rotatable bonds is 4. The monoisotopic (exact) mass is 258 g/mol. The van der Waals surface area contributed by atoms with Gasteiger partial charge in [0.1, 0.15) is 0 Å². The van der Waals surface area contributed by atoms with E-state index in [1.54, 1.807) is 0 Å². The standard InChI is InChI=1S/C10H10O6S/c1-17(15,16)7-2-3-8(10(13)14)6(4-7)5-9(11)12/h2-4H,5H2,1H3,(H,11,12)(H,13,14).